The molecular formula is C17H33N3O2. The third-order valence-electron chi connectivity index (χ3n) is 4.90. The Morgan fingerprint density at radius 2 is 1.86 bits per heavy atom. The molecule has 1 aliphatic carbocycles. The number of amides is 2. The number of hydrogen-bond acceptors (Lipinski definition) is 3. The molecule has 1 heterocycles. The highest BCUT2D eigenvalue weighted by Crippen LogP contribution is 2.21. The fourth-order valence-corrected chi connectivity index (χ4v) is 4.09. The van der Waals surface area contributed by atoms with Crippen LogP contribution >= 0.6 is 0 Å². The lowest BCUT2D eigenvalue weighted by atomic mass is 9.92. The van der Waals surface area contributed by atoms with E-state index in [-0.39, 0.29) is 18.1 Å². The number of carbonyl (C=O) groups is 1. The summed E-state index contributed by atoms with van der Waals surface area (Å²) in [6, 6.07) is -0.106. The lowest BCUT2D eigenvalue weighted by Gasteiger charge is -2.36. The van der Waals surface area contributed by atoms with Gasteiger partial charge >= 0.3 is 6.03 Å². The summed E-state index contributed by atoms with van der Waals surface area (Å²) in [7, 11) is 0. The molecule has 128 valence electrons. The van der Waals surface area contributed by atoms with Crippen molar-refractivity contribution in [1.82, 2.24) is 15.5 Å². The Bertz CT molecular complexity index is 354. The molecule has 0 spiro atoms. The van der Waals surface area contributed by atoms with E-state index in [1.165, 1.54) is 6.42 Å². The minimum absolute atomic E-state index is 0.0871. The monoisotopic (exact) mass is 311 g/mol. The number of nitrogens with one attached hydrogen (secondary N) is 2. The first-order valence-electron chi connectivity index (χ1n) is 8.91. The maximum atomic E-state index is 12.1. The van der Waals surface area contributed by atoms with Crippen molar-refractivity contribution in [2.45, 2.75) is 71.1 Å². The zero-order chi connectivity index (χ0) is 16.1. The van der Waals surface area contributed by atoms with Crippen LogP contribution < -0.4 is 10.6 Å². The summed E-state index contributed by atoms with van der Waals surface area (Å²) in [6.45, 7) is 9.81. The van der Waals surface area contributed by atoms with Crippen LogP contribution in [-0.2, 0) is 0 Å². The molecule has 1 saturated heterocycles. The molecule has 0 aromatic heterocycles. The van der Waals surface area contributed by atoms with E-state index in [2.05, 4.69) is 36.3 Å². The quantitative estimate of drug-likeness (QED) is 0.743. The van der Waals surface area contributed by atoms with E-state index in [1.54, 1.807) is 0 Å². The second kappa shape index (κ2) is 8.16. The van der Waals surface area contributed by atoms with Crippen molar-refractivity contribution in [2.75, 3.05) is 19.6 Å². The molecule has 5 nitrogen and oxygen atoms in total. The Morgan fingerprint density at radius 1 is 1.23 bits per heavy atom. The van der Waals surface area contributed by atoms with Gasteiger partial charge in [0.05, 0.1) is 12.1 Å². The van der Waals surface area contributed by atoms with Gasteiger partial charge in [0.1, 0.15) is 0 Å². The van der Waals surface area contributed by atoms with Gasteiger partial charge in [-0.3, -0.25) is 0 Å². The van der Waals surface area contributed by atoms with Crippen LogP contribution in [0.3, 0.4) is 0 Å². The largest absolute Gasteiger partial charge is 0.391 e. The van der Waals surface area contributed by atoms with Crippen LogP contribution in [-0.4, -0.2) is 53.9 Å². The molecule has 2 aliphatic rings. The van der Waals surface area contributed by atoms with Crippen LogP contribution in [0.25, 0.3) is 0 Å². The predicted octanol–water partition coefficient (Wildman–Crippen LogP) is 1.96. The second-order valence-corrected chi connectivity index (χ2v) is 7.64. The number of aliphatic hydroxyl groups excluding tert-OH is 1. The molecular weight excluding hydrogens is 278 g/mol. The number of aliphatic hydroxyl groups is 1. The van der Waals surface area contributed by atoms with Gasteiger partial charge in [0.25, 0.3) is 0 Å². The minimum atomic E-state index is -0.390. The summed E-state index contributed by atoms with van der Waals surface area (Å²) in [5, 5.41) is 15.9. The normalized spacial score (nSPS) is 34.9. The molecule has 5 unspecified atom stereocenters. The highest BCUT2D eigenvalue weighted by Gasteiger charge is 2.26. The van der Waals surface area contributed by atoms with E-state index in [0.717, 1.165) is 57.2 Å². The van der Waals surface area contributed by atoms with Crippen molar-refractivity contribution in [3.63, 3.8) is 0 Å². The molecule has 0 aromatic carbocycles. The van der Waals surface area contributed by atoms with E-state index >= 15 is 0 Å². The SMILES string of the molecule is CC1CC(C)CN(CC(C)NC(=O)NC2CCCCC2O)C1. The van der Waals surface area contributed by atoms with E-state index in [1.807, 2.05) is 0 Å². The lowest BCUT2D eigenvalue weighted by molar-refractivity contribution is 0.0933. The number of urea groups is 1. The number of piperidine rings is 1. The van der Waals surface area contributed by atoms with Crippen molar-refractivity contribution in [3.8, 4) is 0 Å². The molecule has 0 bridgehead atoms. The van der Waals surface area contributed by atoms with Gasteiger partial charge in [0, 0.05) is 25.7 Å². The lowest BCUT2D eigenvalue weighted by Crippen LogP contribution is -2.53. The van der Waals surface area contributed by atoms with Crippen LogP contribution in [0.1, 0.15) is 52.9 Å². The Hall–Kier alpha value is -0.810. The van der Waals surface area contributed by atoms with E-state index in [9.17, 15) is 9.90 Å². The van der Waals surface area contributed by atoms with Gasteiger partial charge in [-0.25, -0.2) is 4.79 Å². The molecule has 5 heteroatoms. The Balaban J connectivity index is 1.71. The van der Waals surface area contributed by atoms with Gasteiger partial charge < -0.3 is 20.6 Å². The summed E-state index contributed by atoms with van der Waals surface area (Å²) in [5.74, 6) is 1.48. The van der Waals surface area contributed by atoms with Crippen molar-refractivity contribution in [2.24, 2.45) is 11.8 Å². The number of likely N-dealkylation sites (tertiary alicyclic amines) is 1. The zero-order valence-electron chi connectivity index (χ0n) is 14.3. The van der Waals surface area contributed by atoms with Gasteiger partial charge in [-0.15, -0.1) is 0 Å². The summed E-state index contributed by atoms with van der Waals surface area (Å²) < 4.78 is 0. The molecule has 2 fully saturated rings. The zero-order valence-corrected chi connectivity index (χ0v) is 14.3. The van der Waals surface area contributed by atoms with Crippen molar-refractivity contribution >= 4 is 6.03 Å². The molecule has 3 N–H and O–H groups in total. The summed E-state index contributed by atoms with van der Waals surface area (Å²) in [6.07, 6.45) is 4.73. The van der Waals surface area contributed by atoms with Gasteiger partial charge in [0.2, 0.25) is 0 Å². The number of carbonyl (C=O) groups excluding carboxylic acids is 1. The van der Waals surface area contributed by atoms with Gasteiger partial charge in [-0.2, -0.15) is 0 Å². The number of rotatable bonds is 4. The van der Waals surface area contributed by atoms with Crippen LogP contribution in [0, 0.1) is 11.8 Å². The smallest absolute Gasteiger partial charge is 0.315 e. The van der Waals surface area contributed by atoms with Crippen molar-refractivity contribution in [1.29, 1.82) is 0 Å². The van der Waals surface area contributed by atoms with Gasteiger partial charge in [-0.1, -0.05) is 26.7 Å². The molecule has 1 saturated carbocycles. The maximum Gasteiger partial charge on any atom is 0.315 e. The summed E-state index contributed by atoms with van der Waals surface area (Å²) in [4.78, 5) is 14.5. The molecule has 22 heavy (non-hydrogen) atoms. The second-order valence-electron chi connectivity index (χ2n) is 7.64. The number of hydrogen-bond donors (Lipinski definition) is 3. The third kappa shape index (κ3) is 5.43. The van der Waals surface area contributed by atoms with Gasteiger partial charge in [-0.05, 0) is 38.0 Å². The topological polar surface area (TPSA) is 64.6 Å². The van der Waals surface area contributed by atoms with Crippen LogP contribution in [0.15, 0.2) is 0 Å². The molecule has 5 atom stereocenters. The van der Waals surface area contributed by atoms with Crippen molar-refractivity contribution < 1.29 is 9.90 Å². The molecule has 2 amide bonds. The number of nitrogens with zero attached hydrogens (tertiary/aromatic N) is 1. The van der Waals surface area contributed by atoms with Crippen LogP contribution in [0.5, 0.6) is 0 Å². The standard InChI is InChI=1S/C17H33N3O2/c1-12-8-13(2)10-20(9-12)11-14(3)18-17(22)19-15-6-4-5-7-16(15)21/h12-16,21H,4-11H2,1-3H3,(H2,18,19,22). The summed E-state index contributed by atoms with van der Waals surface area (Å²) >= 11 is 0. The van der Waals surface area contributed by atoms with E-state index in [0.29, 0.717) is 0 Å². The molecule has 1 aliphatic heterocycles. The Morgan fingerprint density at radius 3 is 2.50 bits per heavy atom. The van der Waals surface area contributed by atoms with Crippen LogP contribution in [0.4, 0.5) is 4.79 Å². The fourth-order valence-electron chi connectivity index (χ4n) is 4.09. The van der Waals surface area contributed by atoms with Crippen molar-refractivity contribution in [3.05, 3.63) is 0 Å². The third-order valence-corrected chi connectivity index (χ3v) is 4.90. The van der Waals surface area contributed by atoms with E-state index < -0.39 is 6.10 Å². The Kier molecular flexibility index (Phi) is 6.50. The Labute approximate surface area is 134 Å². The van der Waals surface area contributed by atoms with E-state index in [4.69, 9.17) is 0 Å². The average Bonchev–Trinajstić information content (AvgIpc) is 2.39. The highest BCUT2D eigenvalue weighted by atomic mass is 16.3. The minimum Gasteiger partial charge on any atom is -0.391 e. The first-order valence-corrected chi connectivity index (χ1v) is 8.91. The molecule has 0 aromatic rings. The molecule has 0 radical (unpaired) electrons. The summed E-state index contributed by atoms with van der Waals surface area (Å²) in [5.41, 5.74) is 0. The average molecular weight is 311 g/mol. The highest BCUT2D eigenvalue weighted by molar-refractivity contribution is 5.74. The first-order chi connectivity index (χ1) is 10.4. The predicted molar refractivity (Wildman–Crippen MR) is 88.8 cm³/mol. The first kappa shape index (κ1) is 17.5. The van der Waals surface area contributed by atoms with Gasteiger partial charge in [0.15, 0.2) is 0 Å². The van der Waals surface area contributed by atoms with Crippen LogP contribution in [0.2, 0.25) is 0 Å². The maximum absolute atomic E-state index is 12.1. The fraction of sp³-hybridized carbons (Fsp3) is 0.941. The molecule has 2 rings (SSSR count).